The van der Waals surface area contributed by atoms with Crippen molar-refractivity contribution in [3.05, 3.63) is 69.6 Å². The molecule has 3 aromatic rings. The standard InChI is InChI=1S/C21H21N3O4/c1-4-11-24-12-17(18(25)16-10-5-13(2)22-19(16)24)20(26)23-15-8-6-14(7-9-15)21(27)28-3/h5-10,12H,4,11H2,1-3H3,(H,23,26). The van der Waals surface area contributed by atoms with E-state index in [0.29, 0.717) is 28.8 Å². The van der Waals surface area contributed by atoms with E-state index < -0.39 is 11.9 Å². The summed E-state index contributed by atoms with van der Waals surface area (Å²) in [6.45, 7) is 4.52. The first-order valence-corrected chi connectivity index (χ1v) is 8.95. The highest BCUT2D eigenvalue weighted by atomic mass is 16.5. The smallest absolute Gasteiger partial charge is 0.337 e. The lowest BCUT2D eigenvalue weighted by Gasteiger charge is -2.12. The molecule has 28 heavy (non-hydrogen) atoms. The molecule has 0 saturated heterocycles. The van der Waals surface area contributed by atoms with Gasteiger partial charge in [-0.05, 0) is 49.7 Å². The molecular formula is C21H21N3O4. The van der Waals surface area contributed by atoms with Crippen LogP contribution in [-0.4, -0.2) is 28.5 Å². The number of fused-ring (bicyclic) bond motifs is 1. The van der Waals surface area contributed by atoms with Crippen molar-refractivity contribution in [1.29, 1.82) is 0 Å². The van der Waals surface area contributed by atoms with E-state index in [0.717, 1.165) is 12.1 Å². The highest BCUT2D eigenvalue weighted by molar-refractivity contribution is 6.05. The first-order valence-electron chi connectivity index (χ1n) is 8.95. The van der Waals surface area contributed by atoms with Crippen LogP contribution in [0.1, 0.15) is 39.8 Å². The van der Waals surface area contributed by atoms with Gasteiger partial charge < -0.3 is 14.6 Å². The molecule has 2 heterocycles. The Kier molecular flexibility index (Phi) is 5.54. The first kappa shape index (κ1) is 19.3. The Hall–Kier alpha value is -3.48. The molecule has 1 aromatic carbocycles. The lowest BCUT2D eigenvalue weighted by atomic mass is 10.1. The van der Waals surface area contributed by atoms with E-state index in [2.05, 4.69) is 15.0 Å². The van der Waals surface area contributed by atoms with Crippen LogP contribution >= 0.6 is 0 Å². The van der Waals surface area contributed by atoms with Crippen molar-refractivity contribution >= 4 is 28.6 Å². The average Bonchev–Trinajstić information content (AvgIpc) is 2.70. The Balaban J connectivity index is 1.97. The Labute approximate surface area is 162 Å². The number of carbonyl (C=O) groups is 2. The van der Waals surface area contributed by atoms with E-state index in [1.807, 2.05) is 18.4 Å². The predicted octanol–water partition coefficient (Wildman–Crippen LogP) is 3.15. The van der Waals surface area contributed by atoms with E-state index in [4.69, 9.17) is 0 Å². The summed E-state index contributed by atoms with van der Waals surface area (Å²) in [5.74, 6) is -0.971. The summed E-state index contributed by atoms with van der Waals surface area (Å²) in [5, 5.41) is 3.11. The van der Waals surface area contributed by atoms with E-state index >= 15 is 0 Å². The third-order valence-corrected chi connectivity index (χ3v) is 4.33. The van der Waals surface area contributed by atoms with Crippen LogP contribution in [0.25, 0.3) is 11.0 Å². The number of hydrogen-bond donors (Lipinski definition) is 1. The van der Waals surface area contributed by atoms with Crippen LogP contribution in [-0.2, 0) is 11.3 Å². The Bertz CT molecular complexity index is 1100. The van der Waals surface area contributed by atoms with Crippen LogP contribution in [0.5, 0.6) is 0 Å². The van der Waals surface area contributed by atoms with Crippen LogP contribution in [0.2, 0.25) is 0 Å². The number of benzene rings is 1. The van der Waals surface area contributed by atoms with Gasteiger partial charge in [0.15, 0.2) is 0 Å². The van der Waals surface area contributed by atoms with Crippen LogP contribution in [0.3, 0.4) is 0 Å². The molecule has 144 valence electrons. The van der Waals surface area contributed by atoms with Gasteiger partial charge in [-0.15, -0.1) is 0 Å². The van der Waals surface area contributed by atoms with Crippen LogP contribution in [0.4, 0.5) is 5.69 Å². The summed E-state index contributed by atoms with van der Waals surface area (Å²) in [6.07, 6.45) is 2.39. The van der Waals surface area contributed by atoms with Crippen molar-refractivity contribution in [3.63, 3.8) is 0 Å². The van der Waals surface area contributed by atoms with Crippen molar-refractivity contribution in [2.45, 2.75) is 26.8 Å². The maximum absolute atomic E-state index is 12.8. The first-order chi connectivity index (χ1) is 13.4. The average molecular weight is 379 g/mol. The molecule has 0 bridgehead atoms. The number of aryl methyl sites for hydroxylation is 2. The summed E-state index contributed by atoms with van der Waals surface area (Å²) in [7, 11) is 1.30. The molecule has 0 saturated carbocycles. The topological polar surface area (TPSA) is 90.3 Å². The second-order valence-corrected chi connectivity index (χ2v) is 6.41. The van der Waals surface area contributed by atoms with E-state index in [-0.39, 0.29) is 11.0 Å². The number of pyridine rings is 2. The van der Waals surface area contributed by atoms with Gasteiger partial charge >= 0.3 is 5.97 Å². The quantitative estimate of drug-likeness (QED) is 0.688. The number of nitrogens with zero attached hydrogens (tertiary/aromatic N) is 2. The van der Waals surface area contributed by atoms with Crippen LogP contribution in [0.15, 0.2) is 47.4 Å². The molecule has 0 spiro atoms. The third-order valence-electron chi connectivity index (χ3n) is 4.33. The Morgan fingerprint density at radius 1 is 1.14 bits per heavy atom. The van der Waals surface area contributed by atoms with Crippen molar-refractivity contribution in [3.8, 4) is 0 Å². The lowest BCUT2D eigenvalue weighted by molar-refractivity contribution is 0.0600. The number of methoxy groups -OCH3 is 1. The molecule has 0 radical (unpaired) electrons. The number of carbonyl (C=O) groups excluding carboxylic acids is 2. The fourth-order valence-corrected chi connectivity index (χ4v) is 2.94. The monoisotopic (exact) mass is 379 g/mol. The molecular weight excluding hydrogens is 358 g/mol. The maximum atomic E-state index is 12.8. The zero-order valence-electron chi connectivity index (χ0n) is 16.0. The number of hydrogen-bond acceptors (Lipinski definition) is 5. The number of nitrogens with one attached hydrogen (secondary N) is 1. The zero-order valence-corrected chi connectivity index (χ0v) is 16.0. The number of aromatic nitrogens is 2. The maximum Gasteiger partial charge on any atom is 0.337 e. The van der Waals surface area contributed by atoms with Gasteiger partial charge in [0.2, 0.25) is 5.43 Å². The minimum Gasteiger partial charge on any atom is -0.465 e. The summed E-state index contributed by atoms with van der Waals surface area (Å²) >= 11 is 0. The number of anilines is 1. The number of amides is 1. The molecule has 0 aliphatic carbocycles. The highest BCUT2D eigenvalue weighted by Crippen LogP contribution is 2.14. The minimum atomic E-state index is -0.511. The molecule has 1 N–H and O–H groups in total. The molecule has 7 nitrogen and oxygen atoms in total. The molecule has 0 aliphatic rings. The predicted molar refractivity (Wildman–Crippen MR) is 107 cm³/mol. The molecule has 1 amide bonds. The summed E-state index contributed by atoms with van der Waals surface area (Å²) in [4.78, 5) is 41.5. The largest absolute Gasteiger partial charge is 0.465 e. The molecule has 0 atom stereocenters. The minimum absolute atomic E-state index is 0.0450. The van der Waals surface area contributed by atoms with Gasteiger partial charge in [0.1, 0.15) is 11.2 Å². The van der Waals surface area contributed by atoms with Gasteiger partial charge in [0.25, 0.3) is 5.91 Å². The second-order valence-electron chi connectivity index (χ2n) is 6.41. The molecule has 3 rings (SSSR count). The Morgan fingerprint density at radius 3 is 2.50 bits per heavy atom. The molecule has 0 fully saturated rings. The van der Waals surface area contributed by atoms with Gasteiger partial charge in [-0.2, -0.15) is 0 Å². The lowest BCUT2D eigenvalue weighted by Crippen LogP contribution is -2.24. The number of ether oxygens (including phenoxy) is 1. The van der Waals surface area contributed by atoms with Crippen molar-refractivity contribution < 1.29 is 14.3 Å². The summed E-state index contributed by atoms with van der Waals surface area (Å²) in [6, 6.07) is 9.72. The molecule has 2 aromatic heterocycles. The Morgan fingerprint density at radius 2 is 1.86 bits per heavy atom. The number of rotatable bonds is 5. The van der Waals surface area contributed by atoms with Gasteiger partial charge in [0.05, 0.1) is 18.1 Å². The van der Waals surface area contributed by atoms with E-state index in [1.165, 1.54) is 7.11 Å². The zero-order chi connectivity index (χ0) is 20.3. The summed E-state index contributed by atoms with van der Waals surface area (Å²) < 4.78 is 6.48. The van der Waals surface area contributed by atoms with Crippen LogP contribution < -0.4 is 10.7 Å². The molecule has 0 unspecified atom stereocenters. The highest BCUT2D eigenvalue weighted by Gasteiger charge is 2.17. The second kappa shape index (κ2) is 8.04. The fraction of sp³-hybridized carbons (Fsp3) is 0.238. The normalized spacial score (nSPS) is 10.7. The molecule has 0 aliphatic heterocycles. The van der Waals surface area contributed by atoms with Crippen molar-refractivity contribution in [2.75, 3.05) is 12.4 Å². The van der Waals surface area contributed by atoms with Gasteiger partial charge in [-0.1, -0.05) is 6.92 Å². The van der Waals surface area contributed by atoms with Gasteiger partial charge in [0, 0.05) is 24.1 Å². The van der Waals surface area contributed by atoms with Gasteiger partial charge in [-0.25, -0.2) is 9.78 Å². The SMILES string of the molecule is CCCn1cc(C(=O)Nc2ccc(C(=O)OC)cc2)c(=O)c2ccc(C)nc21. The van der Waals surface area contributed by atoms with Crippen LogP contribution in [0, 0.1) is 6.92 Å². The molecule has 7 heteroatoms. The fourth-order valence-electron chi connectivity index (χ4n) is 2.94. The third kappa shape index (κ3) is 3.78. The van der Waals surface area contributed by atoms with Gasteiger partial charge in [-0.3, -0.25) is 9.59 Å². The van der Waals surface area contributed by atoms with Crippen molar-refractivity contribution in [1.82, 2.24) is 9.55 Å². The summed E-state index contributed by atoms with van der Waals surface area (Å²) in [5.41, 5.74) is 1.91. The van der Waals surface area contributed by atoms with Crippen molar-refractivity contribution in [2.24, 2.45) is 0 Å². The van der Waals surface area contributed by atoms with E-state index in [9.17, 15) is 14.4 Å². The van der Waals surface area contributed by atoms with E-state index in [1.54, 1.807) is 42.6 Å². The number of esters is 1.